The molecule has 4 nitrogen and oxygen atoms in total. The molecule has 0 bridgehead atoms. The van der Waals surface area contributed by atoms with Crippen molar-refractivity contribution in [1.29, 1.82) is 0 Å². The van der Waals surface area contributed by atoms with Gasteiger partial charge < -0.3 is 5.32 Å². The molecule has 1 fully saturated rings. The van der Waals surface area contributed by atoms with Crippen molar-refractivity contribution >= 4 is 11.5 Å². The maximum atomic E-state index is 4.74. The second-order valence-corrected chi connectivity index (χ2v) is 9.13. The second kappa shape index (κ2) is 9.61. The molecule has 1 saturated heterocycles. The summed E-state index contributed by atoms with van der Waals surface area (Å²) < 4.78 is 0. The average Bonchev–Trinajstić information content (AvgIpc) is 2.75. The summed E-state index contributed by atoms with van der Waals surface area (Å²) >= 11 is 0. The van der Waals surface area contributed by atoms with Gasteiger partial charge in [0.1, 0.15) is 11.6 Å². The summed E-state index contributed by atoms with van der Waals surface area (Å²) in [7, 11) is 0. The van der Waals surface area contributed by atoms with Crippen molar-refractivity contribution in [2.45, 2.75) is 53.5 Å². The van der Waals surface area contributed by atoms with Gasteiger partial charge in [0.25, 0.3) is 0 Å². The van der Waals surface area contributed by atoms with E-state index in [0.717, 1.165) is 47.5 Å². The number of hydrogen-bond acceptors (Lipinski definition) is 4. The molecule has 0 spiro atoms. The maximum Gasteiger partial charge on any atom is 0.137 e. The molecule has 0 atom stereocenters. The molecule has 4 heteroatoms. The van der Waals surface area contributed by atoms with Gasteiger partial charge in [-0.3, -0.25) is 4.90 Å². The zero-order chi connectivity index (χ0) is 21.8. The van der Waals surface area contributed by atoms with Crippen molar-refractivity contribution in [2.75, 3.05) is 18.4 Å². The van der Waals surface area contributed by atoms with Gasteiger partial charge in [-0.2, -0.15) is 0 Å². The first-order valence-electron chi connectivity index (χ1n) is 11.4. The van der Waals surface area contributed by atoms with Crippen LogP contribution in [-0.4, -0.2) is 28.0 Å². The van der Waals surface area contributed by atoms with Crippen molar-refractivity contribution in [3.63, 3.8) is 0 Å². The van der Waals surface area contributed by atoms with E-state index in [4.69, 9.17) is 4.98 Å². The minimum atomic E-state index is 0.795. The fourth-order valence-corrected chi connectivity index (χ4v) is 4.27. The number of benzene rings is 2. The summed E-state index contributed by atoms with van der Waals surface area (Å²) in [5.74, 6) is 2.57. The fraction of sp³-hybridized carbons (Fsp3) is 0.407. The Morgan fingerprint density at radius 1 is 0.871 bits per heavy atom. The lowest BCUT2D eigenvalue weighted by Gasteiger charge is -2.30. The Morgan fingerprint density at radius 2 is 1.52 bits per heavy atom. The van der Waals surface area contributed by atoms with E-state index in [1.165, 1.54) is 42.6 Å². The van der Waals surface area contributed by atoms with Crippen molar-refractivity contribution < 1.29 is 0 Å². The topological polar surface area (TPSA) is 41.1 Å². The van der Waals surface area contributed by atoms with Gasteiger partial charge >= 0.3 is 0 Å². The van der Waals surface area contributed by atoms with Crippen LogP contribution in [0.25, 0.3) is 0 Å². The summed E-state index contributed by atoms with van der Waals surface area (Å²) in [6.07, 6.45) is 3.45. The van der Waals surface area contributed by atoms with Crippen LogP contribution in [0, 0.1) is 26.7 Å². The normalized spacial score (nSPS) is 15.2. The van der Waals surface area contributed by atoms with E-state index in [1.807, 2.05) is 6.92 Å². The number of aryl methyl sites for hydroxylation is 3. The second-order valence-electron chi connectivity index (χ2n) is 9.13. The van der Waals surface area contributed by atoms with Crippen molar-refractivity contribution in [2.24, 2.45) is 5.92 Å². The van der Waals surface area contributed by atoms with Gasteiger partial charge in [-0.15, -0.1) is 0 Å². The summed E-state index contributed by atoms with van der Waals surface area (Å²) in [6, 6.07) is 17.5. The molecule has 1 N–H and O–H groups in total. The van der Waals surface area contributed by atoms with Gasteiger partial charge in [-0.25, -0.2) is 9.97 Å². The first kappa shape index (κ1) is 21.5. The molecule has 31 heavy (non-hydrogen) atoms. The quantitative estimate of drug-likeness (QED) is 0.540. The van der Waals surface area contributed by atoms with Gasteiger partial charge in [-0.05, 0) is 75.9 Å². The summed E-state index contributed by atoms with van der Waals surface area (Å²) in [4.78, 5) is 11.9. The van der Waals surface area contributed by atoms with Crippen molar-refractivity contribution in [3.8, 4) is 0 Å². The highest BCUT2D eigenvalue weighted by atomic mass is 15.1. The molecule has 0 amide bonds. The fourth-order valence-electron chi connectivity index (χ4n) is 4.27. The van der Waals surface area contributed by atoms with Crippen LogP contribution in [0.1, 0.15) is 53.5 Å². The number of nitrogens with zero attached hydrogens (tertiary/aromatic N) is 3. The number of aromatic nitrogens is 2. The van der Waals surface area contributed by atoms with Crippen LogP contribution in [0.15, 0.2) is 48.5 Å². The average molecular weight is 415 g/mol. The summed E-state index contributed by atoms with van der Waals surface area (Å²) in [6.45, 7) is 12.0. The molecule has 0 aliphatic carbocycles. The molecule has 3 aromatic rings. The molecule has 4 rings (SSSR count). The van der Waals surface area contributed by atoms with Gasteiger partial charge in [0.15, 0.2) is 0 Å². The monoisotopic (exact) mass is 414 g/mol. The van der Waals surface area contributed by atoms with E-state index in [0.29, 0.717) is 0 Å². The standard InChI is InChI=1S/C27H34N4/c1-19-5-7-23(8-6-19)17-26-21(3)28-22(4)29-27(26)30-25-11-9-24(10-12-25)18-31-15-13-20(2)14-16-31/h5-12,20H,13-18H2,1-4H3,(H,28,29,30). The third-order valence-corrected chi connectivity index (χ3v) is 6.33. The van der Waals surface area contributed by atoms with Crippen LogP contribution in [0.2, 0.25) is 0 Å². The lowest BCUT2D eigenvalue weighted by atomic mass is 9.99. The van der Waals surface area contributed by atoms with E-state index >= 15 is 0 Å². The minimum Gasteiger partial charge on any atom is -0.340 e. The highest BCUT2D eigenvalue weighted by molar-refractivity contribution is 5.61. The minimum absolute atomic E-state index is 0.795. The predicted octanol–water partition coefficient (Wildman–Crippen LogP) is 5.97. The van der Waals surface area contributed by atoms with Gasteiger partial charge in [0.05, 0.1) is 0 Å². The van der Waals surface area contributed by atoms with E-state index in [9.17, 15) is 0 Å². The van der Waals surface area contributed by atoms with Gasteiger partial charge in [0.2, 0.25) is 0 Å². The molecule has 1 aliphatic rings. The highest BCUT2D eigenvalue weighted by Crippen LogP contribution is 2.25. The van der Waals surface area contributed by atoms with E-state index in [-0.39, 0.29) is 0 Å². The van der Waals surface area contributed by atoms with Gasteiger partial charge in [0, 0.05) is 29.9 Å². The Labute approximate surface area is 186 Å². The number of likely N-dealkylation sites (tertiary alicyclic amines) is 1. The summed E-state index contributed by atoms with van der Waals surface area (Å²) in [5, 5.41) is 3.56. The van der Waals surface area contributed by atoms with Crippen LogP contribution in [0.5, 0.6) is 0 Å². The first-order chi connectivity index (χ1) is 15.0. The van der Waals surface area contributed by atoms with Crippen molar-refractivity contribution in [3.05, 3.63) is 82.3 Å². The smallest absolute Gasteiger partial charge is 0.137 e. The molecular formula is C27H34N4. The Bertz CT molecular complexity index is 1000. The van der Waals surface area contributed by atoms with Gasteiger partial charge in [-0.1, -0.05) is 48.9 Å². The first-order valence-corrected chi connectivity index (χ1v) is 11.4. The lowest BCUT2D eigenvalue weighted by Crippen LogP contribution is -2.32. The van der Waals surface area contributed by atoms with E-state index in [1.54, 1.807) is 0 Å². The molecular weight excluding hydrogens is 380 g/mol. The van der Waals surface area contributed by atoms with Crippen molar-refractivity contribution in [1.82, 2.24) is 14.9 Å². The zero-order valence-electron chi connectivity index (χ0n) is 19.3. The molecule has 0 saturated carbocycles. The summed E-state index contributed by atoms with van der Waals surface area (Å²) in [5.41, 5.74) is 7.18. The Morgan fingerprint density at radius 3 is 2.19 bits per heavy atom. The third kappa shape index (κ3) is 5.71. The number of nitrogens with one attached hydrogen (secondary N) is 1. The molecule has 2 aromatic carbocycles. The van der Waals surface area contributed by atoms with Crippen LogP contribution in [0.3, 0.4) is 0 Å². The van der Waals surface area contributed by atoms with Crippen LogP contribution in [0.4, 0.5) is 11.5 Å². The number of anilines is 2. The number of hydrogen-bond donors (Lipinski definition) is 1. The maximum absolute atomic E-state index is 4.74. The largest absolute Gasteiger partial charge is 0.340 e. The Kier molecular flexibility index (Phi) is 6.67. The van der Waals surface area contributed by atoms with Crippen LogP contribution in [-0.2, 0) is 13.0 Å². The molecule has 1 aromatic heterocycles. The SMILES string of the molecule is Cc1ccc(Cc2c(C)nc(C)nc2Nc2ccc(CN3CCC(C)CC3)cc2)cc1. The third-order valence-electron chi connectivity index (χ3n) is 6.33. The predicted molar refractivity (Wildman–Crippen MR) is 129 cm³/mol. The van der Waals surface area contributed by atoms with E-state index in [2.05, 4.69) is 84.5 Å². The molecule has 2 heterocycles. The molecule has 162 valence electrons. The number of piperidine rings is 1. The molecule has 1 aliphatic heterocycles. The Hall–Kier alpha value is -2.72. The lowest BCUT2D eigenvalue weighted by molar-refractivity contribution is 0.185. The highest BCUT2D eigenvalue weighted by Gasteiger charge is 2.16. The zero-order valence-corrected chi connectivity index (χ0v) is 19.3. The van der Waals surface area contributed by atoms with E-state index < -0.39 is 0 Å². The molecule has 0 unspecified atom stereocenters. The molecule has 0 radical (unpaired) electrons. The van der Waals surface area contributed by atoms with Crippen LogP contribution < -0.4 is 5.32 Å². The van der Waals surface area contributed by atoms with Crippen LogP contribution >= 0.6 is 0 Å². The Balaban J connectivity index is 1.48. The number of rotatable bonds is 6.